The second-order valence-electron chi connectivity index (χ2n) is 4.43. The summed E-state index contributed by atoms with van der Waals surface area (Å²) >= 11 is 5.82. The molecule has 2 aromatic heterocycles. The Morgan fingerprint density at radius 1 is 1.40 bits per heavy atom. The monoisotopic (exact) mass is 298 g/mol. The summed E-state index contributed by atoms with van der Waals surface area (Å²) in [6.07, 6.45) is 0.610. The molecule has 7 heteroatoms. The number of hydrogen-bond acceptors (Lipinski definition) is 4. The summed E-state index contributed by atoms with van der Waals surface area (Å²) in [4.78, 5) is 16.4. The average molecular weight is 299 g/mol. The SMILES string of the molecule is CCOC(=O)Cn1c(CCCl)nc2c(C)nn(CC)c21. The van der Waals surface area contributed by atoms with Crippen LogP contribution in [0.2, 0.25) is 0 Å². The van der Waals surface area contributed by atoms with E-state index in [1.165, 1.54) is 0 Å². The maximum absolute atomic E-state index is 11.8. The van der Waals surface area contributed by atoms with E-state index in [1.54, 1.807) is 6.92 Å². The van der Waals surface area contributed by atoms with E-state index in [-0.39, 0.29) is 12.5 Å². The van der Waals surface area contributed by atoms with Gasteiger partial charge in [-0.25, -0.2) is 9.67 Å². The first-order chi connectivity index (χ1) is 9.62. The quantitative estimate of drug-likeness (QED) is 0.604. The number of carbonyl (C=O) groups excluding carboxylic acids is 1. The lowest BCUT2D eigenvalue weighted by molar-refractivity contribution is -0.143. The molecule has 0 saturated heterocycles. The van der Waals surface area contributed by atoms with Crippen molar-refractivity contribution in [1.29, 1.82) is 0 Å². The number of hydrogen-bond donors (Lipinski definition) is 0. The van der Waals surface area contributed by atoms with Crippen LogP contribution in [-0.2, 0) is 29.0 Å². The summed E-state index contributed by atoms with van der Waals surface area (Å²) < 4.78 is 8.74. The van der Waals surface area contributed by atoms with Crippen LogP contribution in [0.4, 0.5) is 0 Å². The van der Waals surface area contributed by atoms with Crippen LogP contribution in [-0.4, -0.2) is 37.8 Å². The highest BCUT2D eigenvalue weighted by Crippen LogP contribution is 2.20. The normalized spacial score (nSPS) is 11.2. The van der Waals surface area contributed by atoms with E-state index >= 15 is 0 Å². The molecule has 0 unspecified atom stereocenters. The number of nitrogens with zero attached hydrogens (tertiary/aromatic N) is 4. The Balaban J connectivity index is 2.51. The van der Waals surface area contributed by atoms with Gasteiger partial charge in [-0.3, -0.25) is 4.79 Å². The summed E-state index contributed by atoms with van der Waals surface area (Å²) in [5.41, 5.74) is 2.55. The molecule has 0 aliphatic heterocycles. The molecule has 20 heavy (non-hydrogen) atoms. The minimum Gasteiger partial charge on any atom is -0.465 e. The number of rotatable bonds is 6. The molecule has 0 bridgehead atoms. The van der Waals surface area contributed by atoms with Crippen LogP contribution in [0.1, 0.15) is 25.4 Å². The van der Waals surface area contributed by atoms with Crippen molar-refractivity contribution in [3.63, 3.8) is 0 Å². The molecule has 0 aliphatic rings. The first-order valence-corrected chi connectivity index (χ1v) is 7.29. The number of aryl methyl sites for hydroxylation is 3. The molecular formula is C13H19ClN4O2. The van der Waals surface area contributed by atoms with Gasteiger partial charge in [0, 0.05) is 18.8 Å². The summed E-state index contributed by atoms with van der Waals surface area (Å²) in [6, 6.07) is 0. The summed E-state index contributed by atoms with van der Waals surface area (Å²) in [6.45, 7) is 6.95. The maximum atomic E-state index is 11.8. The highest BCUT2D eigenvalue weighted by molar-refractivity contribution is 6.17. The smallest absolute Gasteiger partial charge is 0.326 e. The number of halogens is 1. The van der Waals surface area contributed by atoms with Crippen molar-refractivity contribution in [2.75, 3.05) is 12.5 Å². The van der Waals surface area contributed by atoms with E-state index in [2.05, 4.69) is 10.1 Å². The zero-order valence-electron chi connectivity index (χ0n) is 12.0. The van der Waals surface area contributed by atoms with Crippen LogP contribution in [0.15, 0.2) is 0 Å². The first kappa shape index (κ1) is 14.8. The molecule has 0 saturated carbocycles. The van der Waals surface area contributed by atoms with Gasteiger partial charge in [0.25, 0.3) is 0 Å². The Kier molecular flexibility index (Phi) is 4.65. The molecule has 0 radical (unpaired) electrons. The number of carbonyl (C=O) groups is 1. The standard InChI is InChI=1S/C13H19ClN4O2/c1-4-18-13-12(9(3)16-18)15-10(6-7-14)17(13)8-11(19)20-5-2/h4-8H2,1-3H3. The van der Waals surface area contributed by atoms with Crippen molar-refractivity contribution in [3.05, 3.63) is 11.5 Å². The molecule has 2 aromatic rings. The van der Waals surface area contributed by atoms with Gasteiger partial charge in [0.15, 0.2) is 5.65 Å². The van der Waals surface area contributed by atoms with Crippen LogP contribution in [0.5, 0.6) is 0 Å². The van der Waals surface area contributed by atoms with E-state index in [9.17, 15) is 4.79 Å². The number of alkyl halides is 1. The maximum Gasteiger partial charge on any atom is 0.326 e. The topological polar surface area (TPSA) is 61.9 Å². The molecule has 2 rings (SSSR count). The van der Waals surface area contributed by atoms with E-state index in [4.69, 9.17) is 16.3 Å². The average Bonchev–Trinajstić information content (AvgIpc) is 2.90. The third kappa shape index (κ3) is 2.65. The fraction of sp³-hybridized carbons (Fsp3) is 0.615. The Morgan fingerprint density at radius 2 is 2.15 bits per heavy atom. The predicted octanol–water partition coefficient (Wildman–Crippen LogP) is 1.91. The Bertz CT molecular complexity index is 617. The minimum atomic E-state index is -0.274. The third-order valence-electron chi connectivity index (χ3n) is 3.09. The Morgan fingerprint density at radius 3 is 2.75 bits per heavy atom. The molecule has 0 aromatic carbocycles. The second-order valence-corrected chi connectivity index (χ2v) is 4.81. The van der Waals surface area contributed by atoms with Crippen LogP contribution in [0.3, 0.4) is 0 Å². The van der Waals surface area contributed by atoms with Crippen LogP contribution >= 0.6 is 11.6 Å². The predicted molar refractivity (Wildman–Crippen MR) is 77.0 cm³/mol. The van der Waals surface area contributed by atoms with Gasteiger partial charge < -0.3 is 9.30 Å². The van der Waals surface area contributed by atoms with E-state index in [0.717, 1.165) is 29.2 Å². The van der Waals surface area contributed by atoms with Crippen molar-refractivity contribution in [2.45, 2.75) is 40.3 Å². The Hall–Kier alpha value is -1.56. The van der Waals surface area contributed by atoms with Gasteiger partial charge >= 0.3 is 5.97 Å². The summed E-state index contributed by atoms with van der Waals surface area (Å²) in [5.74, 6) is 0.982. The van der Waals surface area contributed by atoms with Gasteiger partial charge in [-0.2, -0.15) is 5.10 Å². The first-order valence-electron chi connectivity index (χ1n) is 6.76. The van der Waals surface area contributed by atoms with Gasteiger partial charge in [-0.05, 0) is 20.8 Å². The number of esters is 1. The highest BCUT2D eigenvalue weighted by Gasteiger charge is 2.19. The van der Waals surface area contributed by atoms with Crippen molar-refractivity contribution < 1.29 is 9.53 Å². The largest absolute Gasteiger partial charge is 0.465 e. The van der Waals surface area contributed by atoms with Gasteiger partial charge in [-0.15, -0.1) is 11.6 Å². The van der Waals surface area contributed by atoms with Crippen LogP contribution in [0, 0.1) is 6.92 Å². The van der Waals surface area contributed by atoms with Gasteiger partial charge in [0.1, 0.15) is 17.9 Å². The Labute approximate surface area is 122 Å². The molecule has 110 valence electrons. The fourth-order valence-electron chi connectivity index (χ4n) is 2.27. The van der Waals surface area contributed by atoms with Crippen molar-refractivity contribution in [2.24, 2.45) is 0 Å². The minimum absolute atomic E-state index is 0.141. The lowest BCUT2D eigenvalue weighted by atomic mass is 10.4. The molecular weight excluding hydrogens is 280 g/mol. The number of fused-ring (bicyclic) bond motifs is 1. The van der Waals surface area contributed by atoms with Crippen molar-refractivity contribution in [1.82, 2.24) is 19.3 Å². The summed E-state index contributed by atoms with van der Waals surface area (Å²) in [7, 11) is 0. The van der Waals surface area contributed by atoms with Crippen LogP contribution < -0.4 is 0 Å². The molecule has 0 aliphatic carbocycles. The number of aromatic nitrogens is 4. The number of imidazole rings is 1. The highest BCUT2D eigenvalue weighted by atomic mass is 35.5. The van der Waals surface area contributed by atoms with Crippen LogP contribution in [0.25, 0.3) is 11.2 Å². The number of ether oxygens (including phenoxy) is 1. The molecule has 0 fully saturated rings. The van der Waals surface area contributed by atoms with Gasteiger partial charge in [0.2, 0.25) is 0 Å². The van der Waals surface area contributed by atoms with E-state index in [1.807, 2.05) is 23.1 Å². The van der Waals surface area contributed by atoms with Crippen molar-refractivity contribution in [3.8, 4) is 0 Å². The van der Waals surface area contributed by atoms with E-state index < -0.39 is 0 Å². The molecule has 0 amide bonds. The zero-order valence-corrected chi connectivity index (χ0v) is 12.8. The molecule has 2 heterocycles. The molecule has 0 atom stereocenters. The zero-order chi connectivity index (χ0) is 14.7. The summed E-state index contributed by atoms with van der Waals surface area (Å²) in [5, 5.41) is 4.43. The molecule has 6 nitrogen and oxygen atoms in total. The fourth-order valence-corrected chi connectivity index (χ4v) is 2.44. The van der Waals surface area contributed by atoms with Crippen molar-refractivity contribution >= 4 is 28.7 Å². The third-order valence-corrected chi connectivity index (χ3v) is 3.28. The van der Waals surface area contributed by atoms with E-state index in [0.29, 0.717) is 18.9 Å². The molecule has 0 N–H and O–H groups in total. The second kappa shape index (κ2) is 6.26. The molecule has 0 spiro atoms. The lowest BCUT2D eigenvalue weighted by Gasteiger charge is -2.09. The van der Waals surface area contributed by atoms with Gasteiger partial charge in [-0.1, -0.05) is 0 Å². The lowest BCUT2D eigenvalue weighted by Crippen LogP contribution is -2.17. The van der Waals surface area contributed by atoms with Gasteiger partial charge in [0.05, 0.1) is 12.3 Å².